The number of hydrogen-bond donors (Lipinski definition) is 0. The third-order valence-corrected chi connectivity index (χ3v) is 13.4. The summed E-state index contributed by atoms with van der Waals surface area (Å²) in [5.41, 5.74) is 20.7. The molecule has 300 valence electrons. The zero-order valence-electron chi connectivity index (χ0n) is 35.1. The summed E-state index contributed by atoms with van der Waals surface area (Å²) in [7, 11) is 0. The predicted molar refractivity (Wildman–Crippen MR) is 269 cm³/mol. The van der Waals surface area contributed by atoms with Crippen molar-refractivity contribution in [3.8, 4) is 44.8 Å². The highest BCUT2D eigenvalue weighted by Gasteiger charge is 2.29. The molecular formula is C61H41N3. The van der Waals surface area contributed by atoms with Crippen LogP contribution >= 0.6 is 0 Å². The molecule has 1 aliphatic carbocycles. The third kappa shape index (κ3) is 5.54. The first kappa shape index (κ1) is 36.3. The van der Waals surface area contributed by atoms with E-state index in [0.717, 1.165) is 29.2 Å². The predicted octanol–water partition coefficient (Wildman–Crippen LogP) is 16.3. The molecule has 13 rings (SSSR count). The maximum Gasteiger partial charge on any atom is 0.0782 e. The molecule has 0 N–H and O–H groups in total. The lowest BCUT2D eigenvalue weighted by Gasteiger charge is -2.29. The summed E-state index contributed by atoms with van der Waals surface area (Å²) in [6.07, 6.45) is 0.837. The normalized spacial score (nSPS) is 12.0. The molecule has 0 amide bonds. The van der Waals surface area contributed by atoms with Gasteiger partial charge in [-0.25, -0.2) is 0 Å². The van der Waals surface area contributed by atoms with Gasteiger partial charge in [0.2, 0.25) is 0 Å². The second-order valence-electron chi connectivity index (χ2n) is 16.8. The Hall–Kier alpha value is -8.40. The van der Waals surface area contributed by atoms with Crippen molar-refractivity contribution in [2.45, 2.75) is 6.42 Å². The summed E-state index contributed by atoms with van der Waals surface area (Å²) >= 11 is 0. The molecule has 0 spiro atoms. The highest BCUT2D eigenvalue weighted by Crippen LogP contribution is 2.50. The van der Waals surface area contributed by atoms with Crippen molar-refractivity contribution in [2.75, 3.05) is 4.90 Å². The SMILES string of the molecule is c1ccc(-c2cccc3c2Cc2c-3cccc2N(c2ccc(-c3cccc4c5ccccc5n(-c5ccccc5)c34)cc2)c2cccc3c4ccccc4n(-c4ccccc4)c23)cc1. The van der Waals surface area contributed by atoms with E-state index in [1.54, 1.807) is 0 Å². The van der Waals surface area contributed by atoms with Crippen LogP contribution in [0, 0.1) is 0 Å². The molecular weight excluding hydrogens is 775 g/mol. The van der Waals surface area contributed by atoms with E-state index in [0.29, 0.717) is 0 Å². The van der Waals surface area contributed by atoms with Crippen LogP contribution < -0.4 is 4.90 Å². The standard InChI is InChI=1S/C61H41N3/c1-4-18-41(19-5-1)46-26-14-28-48-49-29-16-34-58(55(49)40-54(46)48)62(59-35-17-31-53-51-25-11-13-33-57(51)64(61(53)59)44-22-8-3-9-23-44)45-38-36-42(37-39-45)47-27-15-30-52-50-24-10-12-32-56(50)63(60(47)52)43-20-6-2-7-21-43/h1-39H,40H2. The van der Waals surface area contributed by atoms with Gasteiger partial charge in [-0.2, -0.15) is 0 Å². The number of rotatable bonds is 7. The first-order valence-corrected chi connectivity index (χ1v) is 22.2. The maximum atomic E-state index is 2.53. The Balaban J connectivity index is 1.05. The van der Waals surface area contributed by atoms with Gasteiger partial charge in [-0.1, -0.05) is 176 Å². The molecule has 0 unspecified atom stereocenters. The minimum atomic E-state index is 0.837. The van der Waals surface area contributed by atoms with E-state index in [4.69, 9.17) is 0 Å². The molecule has 0 bridgehead atoms. The number of fused-ring (bicyclic) bond motifs is 9. The molecule has 1 aliphatic rings. The maximum absolute atomic E-state index is 2.53. The average Bonchev–Trinajstić information content (AvgIpc) is 4.04. The lowest BCUT2D eigenvalue weighted by Crippen LogP contribution is -2.13. The van der Waals surface area contributed by atoms with E-state index in [9.17, 15) is 0 Å². The van der Waals surface area contributed by atoms with Crippen molar-refractivity contribution in [1.29, 1.82) is 0 Å². The van der Waals surface area contributed by atoms with Crippen molar-refractivity contribution in [3.63, 3.8) is 0 Å². The van der Waals surface area contributed by atoms with Gasteiger partial charge in [0.1, 0.15) is 0 Å². The van der Waals surface area contributed by atoms with Crippen LogP contribution in [0.3, 0.4) is 0 Å². The third-order valence-electron chi connectivity index (χ3n) is 13.4. The van der Waals surface area contributed by atoms with Crippen LogP contribution in [0.15, 0.2) is 237 Å². The van der Waals surface area contributed by atoms with Crippen LogP contribution in [-0.2, 0) is 6.42 Å². The second-order valence-corrected chi connectivity index (χ2v) is 16.8. The summed E-state index contributed by atoms with van der Waals surface area (Å²) in [5.74, 6) is 0. The van der Waals surface area contributed by atoms with E-state index < -0.39 is 0 Å². The zero-order valence-corrected chi connectivity index (χ0v) is 35.1. The fourth-order valence-corrected chi connectivity index (χ4v) is 10.6. The van der Waals surface area contributed by atoms with Gasteiger partial charge in [-0.3, -0.25) is 0 Å². The topological polar surface area (TPSA) is 13.1 Å². The first-order chi connectivity index (χ1) is 31.8. The summed E-state index contributed by atoms with van der Waals surface area (Å²) in [6, 6.07) is 86.6. The molecule has 64 heavy (non-hydrogen) atoms. The number of hydrogen-bond acceptors (Lipinski definition) is 1. The molecule has 3 nitrogen and oxygen atoms in total. The van der Waals surface area contributed by atoms with Crippen LogP contribution in [0.4, 0.5) is 17.1 Å². The van der Waals surface area contributed by atoms with E-state index >= 15 is 0 Å². The molecule has 0 fully saturated rings. The average molecular weight is 816 g/mol. The Morgan fingerprint density at radius 3 is 1.42 bits per heavy atom. The van der Waals surface area contributed by atoms with Crippen LogP contribution in [0.25, 0.3) is 88.4 Å². The number of para-hydroxylation sites is 6. The van der Waals surface area contributed by atoms with Crippen molar-refractivity contribution >= 4 is 60.7 Å². The van der Waals surface area contributed by atoms with Crippen molar-refractivity contribution in [2.24, 2.45) is 0 Å². The van der Waals surface area contributed by atoms with Crippen molar-refractivity contribution in [1.82, 2.24) is 9.13 Å². The largest absolute Gasteiger partial charge is 0.309 e. The first-order valence-electron chi connectivity index (χ1n) is 22.2. The molecule has 2 aromatic heterocycles. The molecule has 2 heterocycles. The minimum absolute atomic E-state index is 0.837. The van der Waals surface area contributed by atoms with Crippen LogP contribution in [0.5, 0.6) is 0 Å². The molecule has 12 aromatic rings. The Morgan fingerprint density at radius 1 is 0.297 bits per heavy atom. The second kappa shape index (κ2) is 14.6. The molecule has 0 radical (unpaired) electrons. The van der Waals surface area contributed by atoms with Gasteiger partial charge in [0.25, 0.3) is 0 Å². The smallest absolute Gasteiger partial charge is 0.0782 e. The van der Waals surface area contributed by atoms with Gasteiger partial charge in [-0.05, 0) is 99.6 Å². The number of anilines is 3. The van der Waals surface area contributed by atoms with Crippen molar-refractivity contribution < 1.29 is 0 Å². The van der Waals surface area contributed by atoms with Gasteiger partial charge >= 0.3 is 0 Å². The molecule has 3 heteroatoms. The Kier molecular flexibility index (Phi) is 8.28. The number of benzene rings is 10. The molecule has 0 saturated heterocycles. The Bertz CT molecular complexity index is 3730. The van der Waals surface area contributed by atoms with E-state index in [1.807, 2.05) is 0 Å². The highest BCUT2D eigenvalue weighted by atomic mass is 15.2. The fraction of sp³-hybridized carbons (Fsp3) is 0.0164. The monoisotopic (exact) mass is 815 g/mol. The minimum Gasteiger partial charge on any atom is -0.309 e. The summed E-state index contributed by atoms with van der Waals surface area (Å²) in [5, 5.41) is 4.96. The van der Waals surface area contributed by atoms with E-state index in [1.165, 1.54) is 93.8 Å². The van der Waals surface area contributed by atoms with Gasteiger partial charge in [0.15, 0.2) is 0 Å². The van der Waals surface area contributed by atoms with Crippen molar-refractivity contribution in [3.05, 3.63) is 248 Å². The zero-order chi connectivity index (χ0) is 42.1. The van der Waals surface area contributed by atoms with Crippen LogP contribution in [0.2, 0.25) is 0 Å². The van der Waals surface area contributed by atoms with Gasteiger partial charge in [0, 0.05) is 50.6 Å². The molecule has 10 aromatic carbocycles. The summed E-state index contributed by atoms with van der Waals surface area (Å²) < 4.78 is 4.88. The fourth-order valence-electron chi connectivity index (χ4n) is 10.6. The lowest BCUT2D eigenvalue weighted by atomic mass is 9.96. The van der Waals surface area contributed by atoms with Gasteiger partial charge in [0.05, 0.1) is 33.4 Å². The highest BCUT2D eigenvalue weighted by molar-refractivity contribution is 6.16. The van der Waals surface area contributed by atoms with E-state index in [2.05, 4.69) is 251 Å². The summed E-state index contributed by atoms with van der Waals surface area (Å²) in [6.45, 7) is 0. The number of nitrogens with zero attached hydrogens (tertiary/aromatic N) is 3. The molecule has 0 aliphatic heterocycles. The molecule has 0 atom stereocenters. The Labute approximate surface area is 372 Å². The van der Waals surface area contributed by atoms with Crippen LogP contribution in [0.1, 0.15) is 11.1 Å². The van der Waals surface area contributed by atoms with Crippen LogP contribution in [-0.4, -0.2) is 9.13 Å². The summed E-state index contributed by atoms with van der Waals surface area (Å²) in [4.78, 5) is 2.53. The number of aromatic nitrogens is 2. The van der Waals surface area contributed by atoms with E-state index in [-0.39, 0.29) is 0 Å². The van der Waals surface area contributed by atoms with Gasteiger partial charge < -0.3 is 14.0 Å². The Morgan fingerprint density at radius 2 is 0.750 bits per heavy atom. The quantitative estimate of drug-likeness (QED) is 0.156. The molecule has 0 saturated carbocycles. The van der Waals surface area contributed by atoms with Gasteiger partial charge in [-0.15, -0.1) is 0 Å². The lowest BCUT2D eigenvalue weighted by molar-refractivity contribution is 1.16.